The highest BCUT2D eigenvalue weighted by Crippen LogP contribution is 2.24. The van der Waals surface area contributed by atoms with Gasteiger partial charge in [-0.3, -0.25) is 4.79 Å². The summed E-state index contributed by atoms with van der Waals surface area (Å²) >= 11 is 1.62. The van der Waals surface area contributed by atoms with Crippen LogP contribution < -0.4 is 0 Å². The van der Waals surface area contributed by atoms with E-state index in [-0.39, 0.29) is 5.44 Å². The van der Waals surface area contributed by atoms with Gasteiger partial charge in [0.25, 0.3) is 0 Å². The van der Waals surface area contributed by atoms with Crippen LogP contribution in [0.15, 0.2) is 0 Å². The molecule has 82 valence electrons. The zero-order chi connectivity index (χ0) is 10.2. The molecule has 0 radical (unpaired) electrons. The largest absolute Gasteiger partial charge is 0.357 e. The fourth-order valence-electron chi connectivity index (χ4n) is 1.74. The van der Waals surface area contributed by atoms with Crippen molar-refractivity contribution >= 4 is 18.0 Å². The third-order valence-corrected chi connectivity index (χ3v) is 3.67. The quantitative estimate of drug-likeness (QED) is 0.504. The minimum Gasteiger partial charge on any atom is -0.357 e. The van der Waals surface area contributed by atoms with E-state index in [0.717, 1.165) is 31.3 Å². The lowest BCUT2D eigenvalue weighted by Gasteiger charge is -2.24. The molecular weight excluding hydrogens is 196 g/mol. The van der Waals surface area contributed by atoms with Crippen molar-refractivity contribution in [2.45, 2.75) is 57.0 Å². The van der Waals surface area contributed by atoms with Crippen LogP contribution in [0.25, 0.3) is 0 Å². The Morgan fingerprint density at radius 1 is 1.43 bits per heavy atom. The molecule has 0 aromatic heterocycles. The van der Waals surface area contributed by atoms with Crippen LogP contribution in [0.5, 0.6) is 0 Å². The normalized spacial score (nSPS) is 20.6. The lowest BCUT2D eigenvalue weighted by molar-refractivity contribution is -0.116. The van der Waals surface area contributed by atoms with Gasteiger partial charge in [0.05, 0.1) is 6.10 Å². The predicted molar refractivity (Wildman–Crippen MR) is 60.6 cm³/mol. The Morgan fingerprint density at radius 3 is 2.71 bits per heavy atom. The number of rotatable bonds is 6. The second-order valence-electron chi connectivity index (χ2n) is 3.77. The summed E-state index contributed by atoms with van der Waals surface area (Å²) in [5, 5.41) is 0. The summed E-state index contributed by atoms with van der Waals surface area (Å²) in [7, 11) is 0. The Morgan fingerprint density at radius 2 is 2.14 bits per heavy atom. The monoisotopic (exact) mass is 216 g/mol. The maximum absolute atomic E-state index is 10.7. The molecule has 1 fully saturated rings. The molecule has 0 N–H and O–H groups in total. The summed E-state index contributed by atoms with van der Waals surface area (Å²) in [5.74, 6) is 1.01. The highest BCUT2D eigenvalue weighted by Gasteiger charge is 2.18. The van der Waals surface area contributed by atoms with Gasteiger partial charge in [0.15, 0.2) is 11.7 Å². The molecule has 1 saturated carbocycles. The predicted octanol–water partition coefficient (Wildman–Crippen LogP) is 3.00. The van der Waals surface area contributed by atoms with Crippen LogP contribution in [0.3, 0.4) is 0 Å². The van der Waals surface area contributed by atoms with Crippen LogP contribution >= 0.6 is 11.8 Å². The van der Waals surface area contributed by atoms with Gasteiger partial charge in [-0.1, -0.05) is 26.2 Å². The Balaban J connectivity index is 2.20. The number of hydrogen-bond acceptors (Lipinski definition) is 3. The first kappa shape index (κ1) is 12.1. The fraction of sp³-hybridized carbons (Fsp3) is 0.909. The molecule has 1 rings (SSSR count). The molecule has 0 aromatic carbocycles. The average Bonchev–Trinajstić information content (AvgIpc) is 2.25. The molecule has 0 aliphatic heterocycles. The van der Waals surface area contributed by atoms with Gasteiger partial charge in [-0.25, -0.2) is 0 Å². The molecule has 3 heteroatoms. The Kier molecular flexibility index (Phi) is 6.28. The van der Waals surface area contributed by atoms with E-state index in [1.807, 2.05) is 0 Å². The smallest absolute Gasteiger partial charge is 0.159 e. The van der Waals surface area contributed by atoms with Gasteiger partial charge in [0.1, 0.15) is 0 Å². The van der Waals surface area contributed by atoms with E-state index in [0.29, 0.717) is 6.10 Å². The standard InChI is InChI=1S/C11H20O2S/c1-2-8-14-11(9-12)13-10-6-4-3-5-7-10/h9-11H,2-8H2,1H3. The molecule has 1 aliphatic rings. The SMILES string of the molecule is CCCSC(C=O)OC1CCCCC1. The van der Waals surface area contributed by atoms with Crippen LogP contribution in [-0.4, -0.2) is 23.6 Å². The first-order valence-electron chi connectivity index (χ1n) is 5.59. The van der Waals surface area contributed by atoms with E-state index in [1.54, 1.807) is 11.8 Å². The number of hydrogen-bond donors (Lipinski definition) is 0. The van der Waals surface area contributed by atoms with Crippen molar-refractivity contribution in [2.24, 2.45) is 0 Å². The van der Waals surface area contributed by atoms with Gasteiger partial charge < -0.3 is 4.74 Å². The Hall–Kier alpha value is -0.0200. The van der Waals surface area contributed by atoms with Crippen molar-refractivity contribution in [1.82, 2.24) is 0 Å². The molecule has 0 amide bonds. The Bertz CT molecular complexity index is 155. The molecular formula is C11H20O2S. The van der Waals surface area contributed by atoms with Crippen LogP contribution in [0.1, 0.15) is 45.4 Å². The van der Waals surface area contributed by atoms with Crippen molar-refractivity contribution in [2.75, 3.05) is 5.75 Å². The molecule has 0 spiro atoms. The molecule has 0 bridgehead atoms. The first-order valence-corrected chi connectivity index (χ1v) is 6.64. The zero-order valence-corrected chi connectivity index (χ0v) is 9.72. The summed E-state index contributed by atoms with van der Waals surface area (Å²) in [6.07, 6.45) is 8.49. The van der Waals surface area contributed by atoms with Crippen LogP contribution in [-0.2, 0) is 9.53 Å². The third kappa shape index (κ3) is 4.47. The van der Waals surface area contributed by atoms with Crippen molar-refractivity contribution in [3.8, 4) is 0 Å². The van der Waals surface area contributed by atoms with Crippen molar-refractivity contribution in [3.63, 3.8) is 0 Å². The topological polar surface area (TPSA) is 26.3 Å². The number of thioether (sulfide) groups is 1. The van der Waals surface area contributed by atoms with E-state index in [9.17, 15) is 4.79 Å². The highest BCUT2D eigenvalue weighted by molar-refractivity contribution is 8.00. The van der Waals surface area contributed by atoms with E-state index in [4.69, 9.17) is 4.74 Å². The molecule has 1 atom stereocenters. The molecule has 0 saturated heterocycles. The number of carbonyl (C=O) groups excluding carboxylic acids is 1. The van der Waals surface area contributed by atoms with Crippen LogP contribution in [0.2, 0.25) is 0 Å². The van der Waals surface area contributed by atoms with Gasteiger partial charge >= 0.3 is 0 Å². The summed E-state index contributed by atoms with van der Waals surface area (Å²) in [4.78, 5) is 10.7. The van der Waals surface area contributed by atoms with Gasteiger partial charge in [-0.2, -0.15) is 0 Å². The average molecular weight is 216 g/mol. The number of carbonyl (C=O) groups is 1. The lowest BCUT2D eigenvalue weighted by atomic mass is 9.98. The summed E-state index contributed by atoms with van der Waals surface area (Å²) in [6.45, 7) is 2.12. The molecule has 1 unspecified atom stereocenters. The molecule has 0 aromatic rings. The van der Waals surface area contributed by atoms with E-state index in [2.05, 4.69) is 6.92 Å². The molecule has 0 heterocycles. The second kappa shape index (κ2) is 7.30. The number of ether oxygens (including phenoxy) is 1. The van der Waals surface area contributed by atoms with Crippen molar-refractivity contribution in [1.29, 1.82) is 0 Å². The van der Waals surface area contributed by atoms with E-state index in [1.165, 1.54) is 19.3 Å². The van der Waals surface area contributed by atoms with E-state index >= 15 is 0 Å². The van der Waals surface area contributed by atoms with Gasteiger partial charge in [0, 0.05) is 0 Å². The van der Waals surface area contributed by atoms with Gasteiger partial charge in [-0.05, 0) is 25.0 Å². The molecule has 1 aliphatic carbocycles. The first-order chi connectivity index (χ1) is 6.86. The third-order valence-electron chi connectivity index (χ3n) is 2.48. The van der Waals surface area contributed by atoms with Crippen LogP contribution in [0, 0.1) is 0 Å². The minimum atomic E-state index is -0.224. The Labute approximate surface area is 90.8 Å². The lowest BCUT2D eigenvalue weighted by Crippen LogP contribution is -2.23. The summed E-state index contributed by atoms with van der Waals surface area (Å²) in [6, 6.07) is 0. The molecule has 14 heavy (non-hydrogen) atoms. The fourth-order valence-corrected chi connectivity index (χ4v) is 2.52. The van der Waals surface area contributed by atoms with Crippen LogP contribution in [0.4, 0.5) is 0 Å². The summed E-state index contributed by atoms with van der Waals surface area (Å²) in [5.41, 5.74) is -0.224. The van der Waals surface area contributed by atoms with Crippen molar-refractivity contribution < 1.29 is 9.53 Å². The van der Waals surface area contributed by atoms with Gasteiger partial charge in [-0.15, -0.1) is 11.8 Å². The van der Waals surface area contributed by atoms with E-state index < -0.39 is 0 Å². The second-order valence-corrected chi connectivity index (χ2v) is 4.98. The number of aldehydes is 1. The maximum atomic E-state index is 10.7. The van der Waals surface area contributed by atoms with Crippen molar-refractivity contribution in [3.05, 3.63) is 0 Å². The van der Waals surface area contributed by atoms with Gasteiger partial charge in [0.2, 0.25) is 0 Å². The maximum Gasteiger partial charge on any atom is 0.159 e. The zero-order valence-electron chi connectivity index (χ0n) is 8.91. The highest BCUT2D eigenvalue weighted by atomic mass is 32.2. The molecule has 2 nitrogen and oxygen atoms in total. The minimum absolute atomic E-state index is 0.224. The summed E-state index contributed by atoms with van der Waals surface area (Å²) < 4.78 is 5.74.